The Hall–Kier alpha value is -3.50. The highest BCUT2D eigenvalue weighted by atomic mass is 35.5. The lowest BCUT2D eigenvalue weighted by Crippen LogP contribution is -2.11. The van der Waals surface area contributed by atoms with E-state index in [4.69, 9.17) is 21.6 Å². The lowest BCUT2D eigenvalue weighted by atomic mass is 10.1. The molecule has 0 saturated heterocycles. The van der Waals surface area contributed by atoms with Gasteiger partial charge in [0.05, 0.1) is 41.4 Å². The predicted octanol–water partition coefficient (Wildman–Crippen LogP) is 7.51. The number of hydrogen-bond donors (Lipinski definition) is 0. The second-order valence-corrected chi connectivity index (χ2v) is 8.77. The Bertz CT molecular complexity index is 1420. The van der Waals surface area contributed by atoms with Crippen molar-refractivity contribution in [2.24, 2.45) is 5.92 Å². The summed E-state index contributed by atoms with van der Waals surface area (Å²) < 4.78 is 50.7. The minimum atomic E-state index is -1.04. The summed E-state index contributed by atoms with van der Waals surface area (Å²) in [7, 11) is 0. The molecule has 0 aliphatic heterocycles. The second-order valence-electron chi connectivity index (χ2n) is 8.33. The van der Waals surface area contributed by atoms with Crippen LogP contribution in [0.15, 0.2) is 48.5 Å². The molecule has 180 valence electrons. The average Bonchev–Trinajstić information content (AvgIpc) is 3.18. The van der Waals surface area contributed by atoms with Gasteiger partial charge < -0.3 is 9.30 Å². The minimum Gasteiger partial charge on any atom is -0.492 e. The largest absolute Gasteiger partial charge is 0.492 e. The van der Waals surface area contributed by atoms with Gasteiger partial charge >= 0.3 is 0 Å². The zero-order chi connectivity index (χ0) is 25.1. The topological polar surface area (TPSA) is 50.8 Å². The Balaban J connectivity index is 1.88. The molecule has 0 radical (unpaired) electrons. The van der Waals surface area contributed by atoms with E-state index in [1.165, 1.54) is 12.1 Å². The van der Waals surface area contributed by atoms with Gasteiger partial charge in [0.2, 0.25) is 0 Å². The van der Waals surface area contributed by atoms with E-state index < -0.39 is 17.5 Å². The van der Waals surface area contributed by atoms with Gasteiger partial charge in [-0.15, -0.1) is 0 Å². The number of nitriles is 1. The van der Waals surface area contributed by atoms with Crippen LogP contribution in [0, 0.1) is 34.7 Å². The SMILES string of the molecule is CCC(CC)COc1cc(Cl)ccc1-c1nc2cc(F)c(F)cc2n1Cc1ccc(C#N)cc1F. The lowest BCUT2D eigenvalue weighted by molar-refractivity contribution is 0.241. The summed E-state index contributed by atoms with van der Waals surface area (Å²) in [5.74, 6) is -1.48. The highest BCUT2D eigenvalue weighted by Crippen LogP contribution is 2.36. The van der Waals surface area contributed by atoms with Crippen LogP contribution in [0.25, 0.3) is 22.4 Å². The van der Waals surface area contributed by atoms with Crippen LogP contribution in [-0.4, -0.2) is 16.2 Å². The van der Waals surface area contributed by atoms with Crippen LogP contribution in [-0.2, 0) is 6.54 Å². The monoisotopic (exact) mass is 497 g/mol. The summed E-state index contributed by atoms with van der Waals surface area (Å²) >= 11 is 6.24. The summed E-state index contributed by atoms with van der Waals surface area (Å²) in [5, 5.41) is 9.51. The van der Waals surface area contributed by atoms with Gasteiger partial charge in [0.1, 0.15) is 17.4 Å². The number of halogens is 4. The maximum atomic E-state index is 14.8. The predicted molar refractivity (Wildman–Crippen MR) is 130 cm³/mol. The van der Waals surface area contributed by atoms with Gasteiger partial charge in [0, 0.05) is 22.7 Å². The van der Waals surface area contributed by atoms with Crippen molar-refractivity contribution in [3.05, 3.63) is 82.1 Å². The molecule has 4 nitrogen and oxygen atoms in total. The van der Waals surface area contributed by atoms with Crippen molar-refractivity contribution in [1.29, 1.82) is 5.26 Å². The number of nitrogens with zero attached hydrogens (tertiary/aromatic N) is 3. The first-order valence-corrected chi connectivity index (χ1v) is 11.7. The van der Waals surface area contributed by atoms with Crippen LogP contribution in [0.3, 0.4) is 0 Å². The van der Waals surface area contributed by atoms with Gasteiger partial charge in [-0.05, 0) is 36.2 Å². The van der Waals surface area contributed by atoms with Crippen LogP contribution in [0.2, 0.25) is 5.02 Å². The highest BCUT2D eigenvalue weighted by molar-refractivity contribution is 6.30. The van der Waals surface area contributed by atoms with Gasteiger partial charge in [-0.3, -0.25) is 0 Å². The second kappa shape index (κ2) is 10.4. The fourth-order valence-electron chi connectivity index (χ4n) is 3.93. The molecule has 0 bridgehead atoms. The number of hydrogen-bond acceptors (Lipinski definition) is 3. The van der Waals surface area contributed by atoms with E-state index in [0.29, 0.717) is 40.2 Å². The summed E-state index contributed by atoms with van der Waals surface area (Å²) in [6.07, 6.45) is 1.89. The molecule has 3 aromatic carbocycles. The number of aromatic nitrogens is 2. The molecule has 0 fully saturated rings. The first kappa shape index (κ1) is 24.6. The van der Waals surface area contributed by atoms with E-state index in [9.17, 15) is 13.2 Å². The van der Waals surface area contributed by atoms with Crippen LogP contribution in [0.5, 0.6) is 5.75 Å². The molecule has 0 N–H and O–H groups in total. The van der Waals surface area contributed by atoms with Crippen molar-refractivity contribution in [2.45, 2.75) is 33.2 Å². The molecule has 0 aliphatic rings. The Morgan fingerprint density at radius 3 is 2.43 bits per heavy atom. The third-order valence-corrected chi connectivity index (χ3v) is 6.35. The van der Waals surface area contributed by atoms with E-state index in [0.717, 1.165) is 31.0 Å². The Morgan fingerprint density at radius 1 is 1.00 bits per heavy atom. The summed E-state index contributed by atoms with van der Waals surface area (Å²) in [6.45, 7) is 4.62. The Morgan fingerprint density at radius 2 is 1.74 bits per heavy atom. The van der Waals surface area contributed by atoms with Crippen LogP contribution in [0.1, 0.15) is 37.8 Å². The quantitative estimate of drug-likeness (QED) is 0.253. The molecule has 0 aliphatic carbocycles. The van der Waals surface area contributed by atoms with Gasteiger partial charge in [0.15, 0.2) is 11.6 Å². The smallest absolute Gasteiger partial charge is 0.161 e. The maximum absolute atomic E-state index is 14.8. The molecule has 0 unspecified atom stereocenters. The van der Waals surface area contributed by atoms with Crippen molar-refractivity contribution < 1.29 is 17.9 Å². The van der Waals surface area contributed by atoms with Gasteiger partial charge in [-0.1, -0.05) is 44.4 Å². The molecule has 0 saturated carbocycles. The number of imidazole rings is 1. The standard InChI is InChI=1S/C27H23ClF3N3O/c1-3-16(4-2)15-35-26-10-19(28)7-8-20(26)27-33-24-11-22(30)23(31)12-25(24)34(27)14-18-6-5-17(13-32)9-21(18)29/h5-12,16H,3-4,14-15H2,1-2H3. The maximum Gasteiger partial charge on any atom is 0.161 e. The molecule has 4 aromatic rings. The third-order valence-electron chi connectivity index (χ3n) is 6.11. The van der Waals surface area contributed by atoms with E-state index in [1.807, 2.05) is 6.07 Å². The van der Waals surface area contributed by atoms with Crippen LogP contribution < -0.4 is 4.74 Å². The van der Waals surface area contributed by atoms with Crippen molar-refractivity contribution in [1.82, 2.24) is 9.55 Å². The molecule has 0 atom stereocenters. The molecule has 35 heavy (non-hydrogen) atoms. The average molecular weight is 498 g/mol. The summed E-state index contributed by atoms with van der Waals surface area (Å²) in [5.41, 5.74) is 1.52. The minimum absolute atomic E-state index is 0.0247. The highest BCUT2D eigenvalue weighted by Gasteiger charge is 2.21. The van der Waals surface area contributed by atoms with Crippen molar-refractivity contribution in [3.63, 3.8) is 0 Å². The molecular formula is C27H23ClF3N3O. The van der Waals surface area contributed by atoms with Crippen molar-refractivity contribution in [2.75, 3.05) is 6.61 Å². The third kappa shape index (κ3) is 5.13. The van der Waals surface area contributed by atoms with E-state index in [1.54, 1.807) is 22.8 Å². The van der Waals surface area contributed by atoms with Gasteiger partial charge in [-0.25, -0.2) is 18.2 Å². The molecule has 1 heterocycles. The number of ether oxygens (including phenoxy) is 1. The molecule has 8 heteroatoms. The number of fused-ring (bicyclic) bond motifs is 1. The molecule has 0 amide bonds. The number of benzene rings is 3. The van der Waals surface area contributed by atoms with Crippen LogP contribution in [0.4, 0.5) is 13.2 Å². The lowest BCUT2D eigenvalue weighted by Gasteiger charge is -2.17. The van der Waals surface area contributed by atoms with E-state index in [2.05, 4.69) is 18.8 Å². The molecule has 4 rings (SSSR count). The zero-order valence-corrected chi connectivity index (χ0v) is 20.0. The fourth-order valence-corrected chi connectivity index (χ4v) is 4.10. The van der Waals surface area contributed by atoms with Gasteiger partial charge in [-0.2, -0.15) is 5.26 Å². The normalized spacial score (nSPS) is 11.3. The Kier molecular flexibility index (Phi) is 7.32. The number of rotatable bonds is 8. The molecule has 0 spiro atoms. The molecular weight excluding hydrogens is 475 g/mol. The van der Waals surface area contributed by atoms with E-state index >= 15 is 0 Å². The zero-order valence-electron chi connectivity index (χ0n) is 19.3. The first-order chi connectivity index (χ1) is 16.8. The van der Waals surface area contributed by atoms with E-state index in [-0.39, 0.29) is 23.2 Å². The fraction of sp³-hybridized carbons (Fsp3) is 0.259. The van der Waals surface area contributed by atoms with Gasteiger partial charge in [0.25, 0.3) is 0 Å². The molecule has 1 aromatic heterocycles. The first-order valence-electron chi connectivity index (χ1n) is 11.3. The van der Waals surface area contributed by atoms with Crippen molar-refractivity contribution in [3.8, 4) is 23.2 Å². The summed E-state index contributed by atoms with van der Waals surface area (Å²) in [6, 6.07) is 13.2. The van der Waals surface area contributed by atoms with Crippen molar-refractivity contribution >= 4 is 22.6 Å². The summed E-state index contributed by atoms with van der Waals surface area (Å²) in [4.78, 5) is 4.56. The van der Waals surface area contributed by atoms with Crippen LogP contribution >= 0.6 is 11.6 Å². The Labute approximate surface area is 206 Å².